The summed E-state index contributed by atoms with van der Waals surface area (Å²) in [6, 6.07) is 16.0. The first-order valence-electron chi connectivity index (χ1n) is 9.38. The van der Waals surface area contributed by atoms with E-state index < -0.39 is 17.7 Å². The van der Waals surface area contributed by atoms with Crippen molar-refractivity contribution in [2.75, 3.05) is 11.9 Å². The van der Waals surface area contributed by atoms with Gasteiger partial charge < -0.3 is 10.1 Å². The third-order valence-electron chi connectivity index (χ3n) is 4.25. The standard InChI is InChI=1S/C24H18Cl2FNO3/c1-2-31-23(29)9-6-15-4-3-5-20(10-15)28-24(30)21-13-16(7-8-22(21)27)17-11-18(25)14-19(26)12-17/h3-14H,2H2,1H3,(H,28,30)/b9-6+. The zero-order valence-electron chi connectivity index (χ0n) is 16.5. The van der Waals surface area contributed by atoms with Crippen LogP contribution in [-0.2, 0) is 9.53 Å². The molecule has 3 aromatic carbocycles. The minimum Gasteiger partial charge on any atom is -0.463 e. The molecule has 0 bridgehead atoms. The lowest BCUT2D eigenvalue weighted by atomic mass is 10.0. The predicted octanol–water partition coefficient (Wildman–Crippen LogP) is 6.63. The summed E-state index contributed by atoms with van der Waals surface area (Å²) in [5, 5.41) is 3.54. The molecule has 0 spiro atoms. The number of ether oxygens (including phenoxy) is 1. The van der Waals surface area contributed by atoms with Crippen LogP contribution in [0.4, 0.5) is 10.1 Å². The van der Waals surface area contributed by atoms with Crippen LogP contribution in [0.3, 0.4) is 0 Å². The second-order valence-corrected chi connectivity index (χ2v) is 7.39. The van der Waals surface area contributed by atoms with Crippen LogP contribution in [0.1, 0.15) is 22.8 Å². The quantitative estimate of drug-likeness (QED) is 0.333. The molecule has 0 saturated heterocycles. The van der Waals surface area contributed by atoms with Gasteiger partial charge >= 0.3 is 5.97 Å². The van der Waals surface area contributed by atoms with E-state index in [-0.39, 0.29) is 12.2 Å². The monoisotopic (exact) mass is 457 g/mol. The summed E-state index contributed by atoms with van der Waals surface area (Å²) < 4.78 is 19.2. The van der Waals surface area contributed by atoms with Crippen LogP contribution in [0.2, 0.25) is 10.0 Å². The van der Waals surface area contributed by atoms with E-state index in [1.54, 1.807) is 61.5 Å². The highest BCUT2D eigenvalue weighted by Gasteiger charge is 2.14. The van der Waals surface area contributed by atoms with E-state index in [0.29, 0.717) is 32.4 Å². The van der Waals surface area contributed by atoms with Gasteiger partial charge in [0.1, 0.15) is 5.82 Å². The summed E-state index contributed by atoms with van der Waals surface area (Å²) in [5.41, 5.74) is 2.26. The first-order valence-corrected chi connectivity index (χ1v) is 10.1. The Kier molecular flexibility index (Phi) is 7.45. The molecule has 3 aromatic rings. The van der Waals surface area contributed by atoms with E-state index >= 15 is 0 Å². The van der Waals surface area contributed by atoms with Crippen LogP contribution in [0.25, 0.3) is 17.2 Å². The van der Waals surface area contributed by atoms with Crippen LogP contribution in [-0.4, -0.2) is 18.5 Å². The number of hydrogen-bond donors (Lipinski definition) is 1. The Morgan fingerprint density at radius 3 is 2.45 bits per heavy atom. The summed E-state index contributed by atoms with van der Waals surface area (Å²) in [6.45, 7) is 2.00. The molecule has 7 heteroatoms. The number of hydrogen-bond acceptors (Lipinski definition) is 3. The van der Waals surface area contributed by atoms with Crippen LogP contribution < -0.4 is 5.32 Å². The van der Waals surface area contributed by atoms with Crippen LogP contribution in [0.15, 0.2) is 66.7 Å². The van der Waals surface area contributed by atoms with Gasteiger partial charge in [-0.3, -0.25) is 4.79 Å². The van der Waals surface area contributed by atoms with Gasteiger partial charge in [-0.1, -0.05) is 41.4 Å². The fourth-order valence-corrected chi connectivity index (χ4v) is 3.40. The molecule has 0 saturated carbocycles. The molecule has 0 aliphatic heterocycles. The highest BCUT2D eigenvalue weighted by Crippen LogP contribution is 2.29. The Labute approximate surface area is 189 Å². The number of halogens is 3. The van der Waals surface area contributed by atoms with Gasteiger partial charge in [0.05, 0.1) is 12.2 Å². The number of esters is 1. The van der Waals surface area contributed by atoms with Crippen molar-refractivity contribution in [3.05, 3.63) is 93.7 Å². The van der Waals surface area contributed by atoms with Gasteiger partial charge in [0.25, 0.3) is 5.91 Å². The molecule has 31 heavy (non-hydrogen) atoms. The van der Waals surface area contributed by atoms with Gasteiger partial charge in [-0.15, -0.1) is 0 Å². The highest BCUT2D eigenvalue weighted by atomic mass is 35.5. The number of anilines is 1. The molecule has 0 aromatic heterocycles. The Balaban J connectivity index is 1.82. The molecule has 4 nitrogen and oxygen atoms in total. The Bertz CT molecular complexity index is 1140. The number of benzene rings is 3. The maximum Gasteiger partial charge on any atom is 0.330 e. The maximum atomic E-state index is 14.4. The molecule has 0 unspecified atom stereocenters. The van der Waals surface area contributed by atoms with Gasteiger partial charge in [0, 0.05) is 21.8 Å². The van der Waals surface area contributed by atoms with E-state index in [4.69, 9.17) is 27.9 Å². The Morgan fingerprint density at radius 2 is 1.74 bits per heavy atom. The molecular weight excluding hydrogens is 440 g/mol. The molecule has 0 radical (unpaired) electrons. The molecule has 158 valence electrons. The lowest BCUT2D eigenvalue weighted by Gasteiger charge is -2.10. The topological polar surface area (TPSA) is 55.4 Å². The third-order valence-corrected chi connectivity index (χ3v) is 4.69. The molecule has 0 heterocycles. The maximum absolute atomic E-state index is 14.4. The summed E-state index contributed by atoms with van der Waals surface area (Å²) in [7, 11) is 0. The smallest absolute Gasteiger partial charge is 0.330 e. The minimum absolute atomic E-state index is 0.124. The normalized spacial score (nSPS) is 10.8. The van der Waals surface area contributed by atoms with Crippen molar-refractivity contribution in [3.8, 4) is 11.1 Å². The van der Waals surface area contributed by atoms with Crippen LogP contribution in [0.5, 0.6) is 0 Å². The minimum atomic E-state index is -0.660. The average molecular weight is 458 g/mol. The number of nitrogens with one attached hydrogen (secondary N) is 1. The van der Waals surface area contributed by atoms with Gasteiger partial charge in [-0.2, -0.15) is 0 Å². The molecule has 0 aliphatic carbocycles. The van der Waals surface area contributed by atoms with E-state index in [9.17, 15) is 14.0 Å². The zero-order chi connectivity index (χ0) is 22.4. The number of amides is 1. The van der Waals surface area contributed by atoms with Crippen molar-refractivity contribution in [1.82, 2.24) is 0 Å². The fraction of sp³-hybridized carbons (Fsp3) is 0.0833. The third kappa shape index (κ3) is 6.17. The van der Waals surface area contributed by atoms with Gasteiger partial charge in [0.2, 0.25) is 0 Å². The molecular formula is C24H18Cl2FNO3. The van der Waals surface area contributed by atoms with E-state index in [1.165, 1.54) is 18.2 Å². The van der Waals surface area contributed by atoms with Crippen molar-refractivity contribution in [2.24, 2.45) is 0 Å². The van der Waals surface area contributed by atoms with Gasteiger partial charge in [-0.05, 0) is 72.2 Å². The summed E-state index contributed by atoms with van der Waals surface area (Å²) in [4.78, 5) is 24.2. The van der Waals surface area contributed by atoms with E-state index in [2.05, 4.69) is 5.32 Å². The largest absolute Gasteiger partial charge is 0.463 e. The molecule has 0 atom stereocenters. The highest BCUT2D eigenvalue weighted by molar-refractivity contribution is 6.35. The van der Waals surface area contributed by atoms with Crippen molar-refractivity contribution < 1.29 is 18.7 Å². The SMILES string of the molecule is CCOC(=O)/C=C/c1cccc(NC(=O)c2cc(-c3cc(Cl)cc(Cl)c3)ccc2F)c1. The lowest BCUT2D eigenvalue weighted by Crippen LogP contribution is -2.14. The number of rotatable bonds is 6. The van der Waals surface area contributed by atoms with Gasteiger partial charge in [-0.25, -0.2) is 9.18 Å². The van der Waals surface area contributed by atoms with E-state index in [1.807, 2.05) is 0 Å². The van der Waals surface area contributed by atoms with Crippen molar-refractivity contribution in [2.45, 2.75) is 6.92 Å². The Morgan fingerprint density at radius 1 is 1.00 bits per heavy atom. The first-order chi connectivity index (χ1) is 14.9. The molecule has 0 fully saturated rings. The predicted molar refractivity (Wildman–Crippen MR) is 122 cm³/mol. The van der Waals surface area contributed by atoms with Crippen molar-refractivity contribution in [1.29, 1.82) is 0 Å². The second-order valence-electron chi connectivity index (χ2n) is 6.52. The fourth-order valence-electron chi connectivity index (χ4n) is 2.87. The number of carbonyl (C=O) groups is 2. The van der Waals surface area contributed by atoms with Crippen molar-refractivity contribution >= 4 is 46.8 Å². The lowest BCUT2D eigenvalue weighted by molar-refractivity contribution is -0.137. The second kappa shape index (κ2) is 10.2. The van der Waals surface area contributed by atoms with Crippen LogP contribution >= 0.6 is 23.2 Å². The van der Waals surface area contributed by atoms with Crippen molar-refractivity contribution in [3.63, 3.8) is 0 Å². The number of carbonyl (C=O) groups excluding carboxylic acids is 2. The molecule has 3 rings (SSSR count). The Hall–Kier alpha value is -3.15. The van der Waals surface area contributed by atoms with Gasteiger partial charge in [0.15, 0.2) is 0 Å². The zero-order valence-corrected chi connectivity index (χ0v) is 18.0. The first kappa shape index (κ1) is 22.5. The summed E-state index contributed by atoms with van der Waals surface area (Å²) in [5.74, 6) is -1.73. The molecule has 1 N–H and O–H groups in total. The summed E-state index contributed by atoms with van der Waals surface area (Å²) in [6.07, 6.45) is 2.86. The summed E-state index contributed by atoms with van der Waals surface area (Å²) >= 11 is 12.1. The van der Waals surface area contributed by atoms with E-state index in [0.717, 1.165) is 0 Å². The van der Waals surface area contributed by atoms with Crippen LogP contribution in [0, 0.1) is 5.82 Å². The molecule has 1 amide bonds. The molecule has 0 aliphatic rings. The average Bonchev–Trinajstić information content (AvgIpc) is 2.72.